The van der Waals surface area contributed by atoms with Crippen LogP contribution in [0.15, 0.2) is 61.3 Å². The first-order valence-corrected chi connectivity index (χ1v) is 37.5. The highest BCUT2D eigenvalue weighted by Crippen LogP contribution is 2.45. The predicted octanol–water partition coefficient (Wildman–Crippen LogP) is 17.5. The lowest BCUT2D eigenvalue weighted by atomic mass is 9.77. The number of hydrogen-bond donors (Lipinski definition) is 0. The van der Waals surface area contributed by atoms with Crippen LogP contribution in [0.5, 0.6) is 0 Å². The van der Waals surface area contributed by atoms with E-state index in [0.29, 0.717) is 23.7 Å². The Hall–Kier alpha value is -1.12. The third-order valence-electron chi connectivity index (χ3n) is 16.9. The van der Waals surface area contributed by atoms with Crippen LogP contribution in [-0.2, 0) is 27.2 Å². The lowest BCUT2D eigenvalue weighted by Gasteiger charge is -2.46. The van der Waals surface area contributed by atoms with E-state index < -0.39 is 51.6 Å². The molecular formula is C56H108O6Si4. The summed E-state index contributed by atoms with van der Waals surface area (Å²) in [5.74, 6) is 1.49. The van der Waals surface area contributed by atoms with Gasteiger partial charge in [0.15, 0.2) is 33.3 Å². The van der Waals surface area contributed by atoms with E-state index in [-0.39, 0.29) is 50.1 Å². The second kappa shape index (κ2) is 24.8. The molecule has 0 spiro atoms. The van der Waals surface area contributed by atoms with E-state index in [4.69, 9.17) is 22.4 Å². The molecule has 11 atom stereocenters. The molecule has 66 heavy (non-hydrogen) atoms. The molecule has 0 aromatic rings. The van der Waals surface area contributed by atoms with E-state index in [0.717, 1.165) is 25.7 Å². The van der Waals surface area contributed by atoms with Gasteiger partial charge in [-0.15, -0.1) is 0 Å². The first kappa shape index (κ1) is 62.9. The second-order valence-corrected chi connectivity index (χ2v) is 45.8. The van der Waals surface area contributed by atoms with Gasteiger partial charge in [-0.2, -0.15) is 0 Å². The van der Waals surface area contributed by atoms with E-state index >= 15 is 0 Å². The van der Waals surface area contributed by atoms with Crippen LogP contribution in [-0.4, -0.2) is 63.8 Å². The van der Waals surface area contributed by atoms with Crippen molar-refractivity contribution in [2.75, 3.05) is 0 Å². The van der Waals surface area contributed by atoms with Crippen LogP contribution in [0.2, 0.25) is 72.5 Å². The van der Waals surface area contributed by atoms with Gasteiger partial charge in [-0.05, 0) is 140 Å². The summed E-state index contributed by atoms with van der Waals surface area (Å²) in [6.07, 6.45) is 20.9. The van der Waals surface area contributed by atoms with Crippen molar-refractivity contribution < 1.29 is 27.2 Å². The van der Waals surface area contributed by atoms with Crippen LogP contribution in [0.4, 0.5) is 0 Å². The highest BCUT2D eigenvalue weighted by atomic mass is 28.4. The maximum Gasteiger partial charge on any atom is 0.333 e. The summed E-state index contributed by atoms with van der Waals surface area (Å²) in [7, 11) is -9.29. The molecule has 0 radical (unpaired) electrons. The van der Waals surface area contributed by atoms with Gasteiger partial charge >= 0.3 is 5.97 Å². The molecule has 0 N–H and O–H groups in total. The summed E-state index contributed by atoms with van der Waals surface area (Å²) in [5, 5.41) is -0.0918. The topological polar surface area (TPSA) is 63.2 Å². The number of ether oxygens (including phenoxy) is 1. The summed E-state index contributed by atoms with van der Waals surface area (Å²) in [5.41, 5.74) is 0. The number of allylic oxidation sites excluding steroid dienone is 8. The predicted molar refractivity (Wildman–Crippen MR) is 298 cm³/mol. The lowest BCUT2D eigenvalue weighted by Crippen LogP contribution is -2.55. The fourth-order valence-corrected chi connectivity index (χ4v) is 12.9. The van der Waals surface area contributed by atoms with E-state index in [1.165, 1.54) is 0 Å². The Kier molecular flexibility index (Phi) is 23.6. The fourth-order valence-electron chi connectivity index (χ4n) is 7.56. The van der Waals surface area contributed by atoms with Crippen molar-refractivity contribution in [3.8, 4) is 0 Å². The van der Waals surface area contributed by atoms with Crippen molar-refractivity contribution in [3.63, 3.8) is 0 Å². The van der Waals surface area contributed by atoms with Crippen molar-refractivity contribution >= 4 is 39.2 Å². The smallest absolute Gasteiger partial charge is 0.333 e. The molecule has 1 rings (SSSR count). The average Bonchev–Trinajstić information content (AvgIpc) is 3.14. The molecule has 0 fully saturated rings. The average molecular weight is 990 g/mol. The zero-order valence-corrected chi connectivity index (χ0v) is 52.0. The molecule has 0 unspecified atom stereocenters. The van der Waals surface area contributed by atoms with Crippen molar-refractivity contribution in [1.82, 2.24) is 0 Å². The molecule has 0 amide bonds. The summed E-state index contributed by atoms with van der Waals surface area (Å²) >= 11 is 0. The molecule has 0 aliphatic carbocycles. The number of cyclic esters (lactones) is 1. The molecule has 6 nitrogen and oxygen atoms in total. The summed E-state index contributed by atoms with van der Waals surface area (Å²) in [6.45, 7) is 64.2. The minimum atomic E-state index is -2.47. The molecule has 0 bridgehead atoms. The van der Waals surface area contributed by atoms with Crippen LogP contribution in [0, 0.1) is 41.4 Å². The fraction of sp³-hybridized carbons (Fsp3) is 0.804. The number of rotatable bonds is 11. The second-order valence-electron chi connectivity index (χ2n) is 26.8. The Morgan fingerprint density at radius 3 is 1.62 bits per heavy atom. The van der Waals surface area contributed by atoms with Gasteiger partial charge in [-0.25, -0.2) is 4.79 Å². The first-order chi connectivity index (χ1) is 29.6. The minimum absolute atomic E-state index is 0.00689. The number of esters is 1. The largest absolute Gasteiger partial charge is 0.431 e. The van der Waals surface area contributed by atoms with E-state index in [2.05, 4.69) is 214 Å². The van der Waals surface area contributed by atoms with Crippen LogP contribution in [0.1, 0.15) is 150 Å². The lowest BCUT2D eigenvalue weighted by molar-refractivity contribution is -0.180. The van der Waals surface area contributed by atoms with Crippen LogP contribution < -0.4 is 0 Å². The summed E-state index contributed by atoms with van der Waals surface area (Å²) in [6, 6.07) is 0. The molecule has 1 heterocycles. The summed E-state index contributed by atoms with van der Waals surface area (Å²) in [4.78, 5) is 14.1. The van der Waals surface area contributed by atoms with E-state index in [1.807, 2.05) is 18.2 Å². The van der Waals surface area contributed by atoms with Gasteiger partial charge in [0.1, 0.15) is 6.10 Å². The van der Waals surface area contributed by atoms with Crippen molar-refractivity contribution in [1.29, 1.82) is 0 Å². The molecule has 384 valence electrons. The maximum atomic E-state index is 14.1. The molecular weight excluding hydrogens is 881 g/mol. The molecule has 0 saturated heterocycles. The molecule has 1 aliphatic rings. The van der Waals surface area contributed by atoms with Gasteiger partial charge in [0.05, 0.1) is 6.10 Å². The van der Waals surface area contributed by atoms with E-state index in [1.54, 1.807) is 6.08 Å². The number of carbonyl (C=O) groups excluding carboxylic acids is 1. The highest BCUT2D eigenvalue weighted by molar-refractivity contribution is 6.75. The van der Waals surface area contributed by atoms with E-state index in [9.17, 15) is 4.79 Å². The third-order valence-corrected chi connectivity index (χ3v) is 34.9. The third kappa shape index (κ3) is 19.2. The molecule has 1 aliphatic heterocycles. The highest BCUT2D eigenvalue weighted by Gasteiger charge is 2.48. The normalized spacial score (nSPS) is 29.3. The molecule has 0 aromatic carbocycles. The van der Waals surface area contributed by atoms with Gasteiger partial charge in [0.25, 0.3) is 0 Å². The van der Waals surface area contributed by atoms with Crippen molar-refractivity contribution in [3.05, 3.63) is 61.3 Å². The SMILES string of the molecule is C=CC=C[C@H](C)[C@@H]1C[C@H](C)C=C[C@H](C)[C@@H](C)[C@@H](O[Si](C)(C)C(C)(C)C)C[C@@H](O[Si](C)(C)C(C)(C)C)CC[C@H](C)[C@H](O[Si](C)(C)C(C)(C)C)[C@H](O[Si](C)(C)C(C)(C)C)OC(=O)C=CC=C[C@H]1C. The minimum Gasteiger partial charge on any atom is -0.431 e. The molecule has 10 heteroatoms. The maximum absolute atomic E-state index is 14.1. The van der Waals surface area contributed by atoms with Crippen molar-refractivity contribution in [2.24, 2.45) is 41.4 Å². The zero-order valence-electron chi connectivity index (χ0n) is 48.0. The van der Waals surface area contributed by atoms with Crippen LogP contribution in [0.25, 0.3) is 0 Å². The Balaban J connectivity index is 4.30. The standard InChI is InChI=1S/C56H108O6Si4/c1-28-29-32-43(4)48-39-41(2)35-36-42(3)46(7)49(60-64(22,23)54(11,12)13)40-47(59-63(20,21)53(8,9)10)38-37-45(6)51(61-65(24,25)55(14,15)16)52(62-66(26,27)56(17,18)19)58-50(57)34-31-30-33-44(48)5/h28-36,41-49,51-52H,1,37-40H2,2-27H3/t41-,42+,43+,44-,45+,46-,47+,48+,49+,51+,52+/m1/s1. The first-order valence-electron chi connectivity index (χ1n) is 25.8. The zero-order chi connectivity index (χ0) is 51.7. The quantitative estimate of drug-likeness (QED) is 0.0890. The molecule has 0 saturated carbocycles. The Bertz CT molecular complexity index is 1620. The van der Waals surface area contributed by atoms with Crippen molar-refractivity contribution in [2.45, 2.75) is 247 Å². The van der Waals surface area contributed by atoms with Gasteiger partial charge in [-0.1, -0.05) is 180 Å². The number of carbonyl (C=O) groups is 1. The van der Waals surface area contributed by atoms with Gasteiger partial charge in [0, 0.05) is 12.2 Å². The van der Waals surface area contributed by atoms with Crippen LogP contribution in [0.3, 0.4) is 0 Å². The molecule has 0 aromatic heterocycles. The Morgan fingerprint density at radius 1 is 0.636 bits per heavy atom. The van der Waals surface area contributed by atoms with Gasteiger partial charge < -0.3 is 22.4 Å². The Morgan fingerprint density at radius 2 is 1.12 bits per heavy atom. The monoisotopic (exact) mass is 989 g/mol. The van der Waals surface area contributed by atoms with Gasteiger partial charge in [0.2, 0.25) is 6.29 Å². The summed E-state index contributed by atoms with van der Waals surface area (Å²) < 4.78 is 36.3. The Labute approximate surface area is 414 Å². The number of hydrogen-bond acceptors (Lipinski definition) is 6. The van der Waals surface area contributed by atoms with Crippen LogP contribution >= 0.6 is 0 Å². The van der Waals surface area contributed by atoms with Gasteiger partial charge in [-0.3, -0.25) is 0 Å².